The summed E-state index contributed by atoms with van der Waals surface area (Å²) in [5, 5.41) is 16.4. The number of hydrogen-bond acceptors (Lipinski definition) is 8. The van der Waals surface area contributed by atoms with Gasteiger partial charge in [0.25, 0.3) is 0 Å². The summed E-state index contributed by atoms with van der Waals surface area (Å²) in [6.07, 6.45) is 1.41. The molecule has 0 unspecified atom stereocenters. The molecule has 0 saturated carbocycles. The van der Waals surface area contributed by atoms with Crippen LogP contribution in [0.5, 0.6) is 0 Å². The molecule has 1 amide bonds. The Morgan fingerprint density at radius 1 is 1.28 bits per heavy atom. The molecule has 0 spiro atoms. The normalized spacial score (nSPS) is 21.2. The molecule has 5 rings (SSSR count). The van der Waals surface area contributed by atoms with E-state index in [0.29, 0.717) is 31.6 Å². The number of alkyl halides is 3. The van der Waals surface area contributed by atoms with E-state index in [0.717, 1.165) is 25.1 Å². The van der Waals surface area contributed by atoms with Crippen molar-refractivity contribution in [3.8, 4) is 17.3 Å². The Balaban J connectivity index is 1.28. The number of fused-ring (bicyclic) bond motifs is 1. The number of aromatic nitrogens is 4. The van der Waals surface area contributed by atoms with Gasteiger partial charge in [-0.15, -0.1) is 0 Å². The van der Waals surface area contributed by atoms with Crippen molar-refractivity contribution in [3.05, 3.63) is 35.8 Å². The van der Waals surface area contributed by atoms with Gasteiger partial charge in [-0.25, -0.2) is 15.0 Å². The van der Waals surface area contributed by atoms with Crippen molar-refractivity contribution in [2.24, 2.45) is 5.92 Å². The maximum absolute atomic E-state index is 13.3. The fourth-order valence-electron chi connectivity index (χ4n) is 5.33. The number of ether oxygens (including phenoxy) is 1. The fraction of sp³-hybridized carbons (Fsp3) is 0.500. The highest BCUT2D eigenvalue weighted by Crippen LogP contribution is 2.35. The molecule has 5 heterocycles. The molecule has 2 fully saturated rings. The van der Waals surface area contributed by atoms with Crippen molar-refractivity contribution >= 4 is 22.9 Å². The first kappa shape index (κ1) is 26.8. The van der Waals surface area contributed by atoms with Crippen molar-refractivity contribution in [1.29, 1.82) is 5.26 Å². The van der Waals surface area contributed by atoms with Crippen LogP contribution in [0, 0.1) is 17.2 Å². The molecule has 2 aliphatic rings. The van der Waals surface area contributed by atoms with Crippen molar-refractivity contribution in [1.82, 2.24) is 30.2 Å². The minimum atomic E-state index is -4.55. The number of carbonyl (C=O) groups is 1. The number of likely N-dealkylation sites (tertiary alicyclic amines) is 1. The number of amides is 1. The second kappa shape index (κ2) is 10.8. The van der Waals surface area contributed by atoms with Crippen LogP contribution in [0.25, 0.3) is 22.3 Å². The molecule has 10 nitrogen and oxygen atoms in total. The molecule has 3 aromatic rings. The van der Waals surface area contributed by atoms with Crippen molar-refractivity contribution in [2.45, 2.75) is 50.6 Å². The molecule has 3 atom stereocenters. The third kappa shape index (κ3) is 5.53. The molecular weight excluding hydrogens is 513 g/mol. The molecule has 3 N–H and O–H groups in total. The Bertz CT molecular complexity index is 1390. The van der Waals surface area contributed by atoms with Crippen LogP contribution >= 0.6 is 0 Å². The Morgan fingerprint density at radius 3 is 2.72 bits per heavy atom. The number of nitriles is 1. The van der Waals surface area contributed by atoms with Crippen LogP contribution in [0.15, 0.2) is 24.7 Å². The van der Waals surface area contributed by atoms with Crippen LogP contribution in [0.1, 0.15) is 37.3 Å². The summed E-state index contributed by atoms with van der Waals surface area (Å²) in [6, 6.07) is 2.78. The van der Waals surface area contributed by atoms with Gasteiger partial charge in [0.2, 0.25) is 11.9 Å². The Morgan fingerprint density at radius 2 is 2.05 bits per heavy atom. The molecule has 3 aromatic heterocycles. The molecule has 2 saturated heterocycles. The number of pyridine rings is 1. The molecule has 0 aromatic carbocycles. The molecular formula is C26H29F3N8O2. The molecule has 13 heteroatoms. The van der Waals surface area contributed by atoms with Crippen LogP contribution in [-0.2, 0) is 15.7 Å². The van der Waals surface area contributed by atoms with Gasteiger partial charge in [0.1, 0.15) is 11.7 Å². The monoisotopic (exact) mass is 542 g/mol. The predicted octanol–water partition coefficient (Wildman–Crippen LogP) is 3.33. The summed E-state index contributed by atoms with van der Waals surface area (Å²) in [5.41, 5.74) is 0.0574. The van der Waals surface area contributed by atoms with E-state index in [1.165, 1.54) is 12.4 Å². The smallest absolute Gasteiger partial charge is 0.380 e. The number of H-pyrrole nitrogens is 1. The highest BCUT2D eigenvalue weighted by molar-refractivity contribution is 5.94. The maximum Gasteiger partial charge on any atom is 0.417 e. The molecule has 39 heavy (non-hydrogen) atoms. The lowest BCUT2D eigenvalue weighted by Gasteiger charge is -2.36. The van der Waals surface area contributed by atoms with Gasteiger partial charge >= 0.3 is 6.18 Å². The van der Waals surface area contributed by atoms with Gasteiger partial charge in [-0.05, 0) is 38.2 Å². The third-order valence-electron chi connectivity index (χ3n) is 7.66. The van der Waals surface area contributed by atoms with Gasteiger partial charge in [-0.1, -0.05) is 0 Å². The minimum absolute atomic E-state index is 0.0352. The number of nitrogens with one attached hydrogen (secondary N) is 3. The third-order valence-corrected chi connectivity index (χ3v) is 7.66. The van der Waals surface area contributed by atoms with Crippen LogP contribution in [0.2, 0.25) is 0 Å². The van der Waals surface area contributed by atoms with Crippen molar-refractivity contribution in [2.75, 3.05) is 32.1 Å². The zero-order valence-electron chi connectivity index (χ0n) is 21.5. The first-order chi connectivity index (χ1) is 18.7. The summed E-state index contributed by atoms with van der Waals surface area (Å²) in [7, 11) is 1.65. The van der Waals surface area contributed by atoms with Crippen LogP contribution in [0.3, 0.4) is 0 Å². The molecule has 0 aliphatic carbocycles. The van der Waals surface area contributed by atoms with Gasteiger partial charge in [0.15, 0.2) is 0 Å². The Labute approximate surface area is 223 Å². The zero-order chi connectivity index (χ0) is 27.7. The lowest BCUT2D eigenvalue weighted by atomic mass is 9.90. The van der Waals surface area contributed by atoms with Crippen molar-refractivity contribution in [3.63, 3.8) is 0 Å². The van der Waals surface area contributed by atoms with Gasteiger partial charge in [0, 0.05) is 56.1 Å². The van der Waals surface area contributed by atoms with Gasteiger partial charge in [0.05, 0.1) is 35.2 Å². The quantitative estimate of drug-likeness (QED) is 0.432. The van der Waals surface area contributed by atoms with E-state index in [1.807, 2.05) is 17.9 Å². The van der Waals surface area contributed by atoms with E-state index in [1.54, 1.807) is 7.11 Å². The zero-order valence-corrected chi connectivity index (χ0v) is 21.5. The lowest BCUT2D eigenvalue weighted by molar-refractivity contribution is -0.137. The first-order valence-corrected chi connectivity index (χ1v) is 12.8. The maximum atomic E-state index is 13.3. The van der Waals surface area contributed by atoms with E-state index in [-0.39, 0.29) is 58.3 Å². The second-order valence-corrected chi connectivity index (χ2v) is 10.0. The van der Waals surface area contributed by atoms with Gasteiger partial charge in [-0.3, -0.25) is 4.79 Å². The number of aromatic amines is 1. The Hall–Kier alpha value is -3.76. The van der Waals surface area contributed by atoms with Gasteiger partial charge in [-0.2, -0.15) is 18.4 Å². The number of nitrogens with zero attached hydrogens (tertiary/aromatic N) is 5. The molecule has 2 aliphatic heterocycles. The van der Waals surface area contributed by atoms with E-state index in [9.17, 15) is 23.2 Å². The standard InChI is InChI=1S/C26H29F3N8O2/c1-14(15-3-5-37(6-4-15)24(38)21-8-18(39-2)12-31-21)35-25-34-10-16(9-30)22(36-25)20-13-33-23-19(20)7-17(11-32-23)26(27,28)29/h7,10-11,13-15,18,21,31H,3-6,8,12H2,1-2H3,(H,32,33)(H,34,35,36)/t14-,18-,21-/m1/s1. The summed E-state index contributed by atoms with van der Waals surface area (Å²) >= 11 is 0. The summed E-state index contributed by atoms with van der Waals surface area (Å²) in [5.74, 6) is 0.632. The number of rotatable bonds is 6. The summed E-state index contributed by atoms with van der Waals surface area (Å²) < 4.78 is 45.2. The van der Waals surface area contributed by atoms with Crippen molar-refractivity contribution < 1.29 is 22.7 Å². The molecule has 206 valence electrons. The van der Waals surface area contributed by atoms with E-state index < -0.39 is 11.7 Å². The molecule has 0 bridgehead atoms. The predicted molar refractivity (Wildman–Crippen MR) is 136 cm³/mol. The highest BCUT2D eigenvalue weighted by Gasteiger charge is 2.35. The second-order valence-electron chi connectivity index (χ2n) is 10.0. The largest absolute Gasteiger partial charge is 0.417 e. The number of methoxy groups -OCH3 is 1. The lowest BCUT2D eigenvalue weighted by Crippen LogP contribution is -2.48. The number of hydrogen-bond donors (Lipinski definition) is 3. The van der Waals surface area contributed by atoms with Crippen LogP contribution in [0.4, 0.5) is 19.1 Å². The minimum Gasteiger partial charge on any atom is -0.380 e. The van der Waals surface area contributed by atoms with Crippen LogP contribution in [-0.4, -0.2) is 75.7 Å². The van der Waals surface area contributed by atoms with E-state index >= 15 is 0 Å². The van der Waals surface area contributed by atoms with Crippen LogP contribution < -0.4 is 10.6 Å². The average molecular weight is 543 g/mol. The summed E-state index contributed by atoms with van der Waals surface area (Å²) in [4.78, 5) is 30.3. The molecule has 0 radical (unpaired) electrons. The van der Waals surface area contributed by atoms with E-state index in [2.05, 4.69) is 30.6 Å². The number of anilines is 1. The first-order valence-electron chi connectivity index (χ1n) is 12.8. The van der Waals surface area contributed by atoms with Gasteiger partial charge < -0.3 is 25.3 Å². The summed E-state index contributed by atoms with van der Waals surface area (Å²) in [6.45, 7) is 3.98. The number of halogens is 3. The SMILES string of the molecule is CO[C@H]1CN[C@@H](C(=O)N2CCC([C@@H](C)Nc3ncc(C#N)c(-c4c[nH]c5ncc(C(F)(F)F)cc45)n3)CC2)C1. The highest BCUT2D eigenvalue weighted by atomic mass is 19.4. The Kier molecular flexibility index (Phi) is 7.42. The number of piperidine rings is 1. The number of carbonyl (C=O) groups excluding carboxylic acids is 1. The topological polar surface area (TPSA) is 132 Å². The van der Waals surface area contributed by atoms with E-state index in [4.69, 9.17) is 4.74 Å². The fourth-order valence-corrected chi connectivity index (χ4v) is 5.33. The average Bonchev–Trinajstić information content (AvgIpc) is 3.59.